The minimum atomic E-state index is -0.544. The van der Waals surface area contributed by atoms with Crippen LogP contribution in [0.3, 0.4) is 0 Å². The maximum atomic E-state index is 12.7. The van der Waals surface area contributed by atoms with Gasteiger partial charge in [0.15, 0.2) is 5.11 Å². The summed E-state index contributed by atoms with van der Waals surface area (Å²) in [5.41, 5.74) is 3.78. The molecule has 1 amide bonds. The molecule has 2 aromatic carbocycles. The Morgan fingerprint density at radius 2 is 1.73 bits per heavy atom. The number of nitrogens with zero attached hydrogens (tertiary/aromatic N) is 3. The van der Waals surface area contributed by atoms with Crippen molar-refractivity contribution in [2.24, 2.45) is 5.41 Å². The van der Waals surface area contributed by atoms with E-state index in [1.165, 1.54) is 0 Å². The minimum Gasteiger partial charge on any atom is -0.497 e. The van der Waals surface area contributed by atoms with E-state index in [0.717, 1.165) is 28.5 Å². The third-order valence-electron chi connectivity index (χ3n) is 6.92. The Morgan fingerprint density at radius 3 is 2.38 bits per heavy atom. The third kappa shape index (κ3) is 5.24. The predicted octanol–water partition coefficient (Wildman–Crippen LogP) is 6.05. The van der Waals surface area contributed by atoms with Gasteiger partial charge in [0.25, 0.3) is 0 Å². The van der Waals surface area contributed by atoms with E-state index in [4.69, 9.17) is 21.7 Å². The van der Waals surface area contributed by atoms with Crippen LogP contribution in [0, 0.1) is 5.41 Å². The zero-order valence-electron chi connectivity index (χ0n) is 23.2. The highest BCUT2D eigenvalue weighted by atomic mass is 32.1. The van der Waals surface area contributed by atoms with Crippen LogP contribution in [0.4, 0.5) is 11.4 Å². The van der Waals surface area contributed by atoms with E-state index in [0.29, 0.717) is 16.5 Å². The van der Waals surface area contributed by atoms with Crippen LogP contribution in [0.1, 0.15) is 44.2 Å². The van der Waals surface area contributed by atoms with Crippen molar-refractivity contribution >= 4 is 34.6 Å². The fourth-order valence-corrected chi connectivity index (χ4v) is 5.14. The van der Waals surface area contributed by atoms with Gasteiger partial charge in [0, 0.05) is 40.9 Å². The van der Waals surface area contributed by atoms with Gasteiger partial charge in [0.05, 0.1) is 31.6 Å². The van der Waals surface area contributed by atoms with Gasteiger partial charge in [-0.05, 0) is 72.9 Å². The molecule has 40 heavy (non-hydrogen) atoms. The van der Waals surface area contributed by atoms with Gasteiger partial charge in [-0.3, -0.25) is 9.78 Å². The van der Waals surface area contributed by atoms with Crippen LogP contribution in [0.5, 0.6) is 11.5 Å². The van der Waals surface area contributed by atoms with Gasteiger partial charge < -0.3 is 29.6 Å². The second-order valence-corrected chi connectivity index (χ2v) is 11.0. The number of rotatable bonds is 7. The van der Waals surface area contributed by atoms with Gasteiger partial charge in [-0.15, -0.1) is 0 Å². The zero-order chi connectivity index (χ0) is 28.4. The Morgan fingerprint density at radius 1 is 0.975 bits per heavy atom. The molecule has 0 saturated carbocycles. The zero-order valence-corrected chi connectivity index (χ0v) is 24.0. The first-order valence-corrected chi connectivity index (χ1v) is 13.4. The number of benzene rings is 2. The summed E-state index contributed by atoms with van der Waals surface area (Å²) in [4.78, 5) is 19.4. The number of pyridine rings is 1. The number of methoxy groups -OCH3 is 2. The van der Waals surface area contributed by atoms with E-state index < -0.39 is 5.41 Å². The van der Waals surface area contributed by atoms with Gasteiger partial charge in [0.1, 0.15) is 17.5 Å². The van der Waals surface area contributed by atoms with E-state index in [-0.39, 0.29) is 18.0 Å². The van der Waals surface area contributed by atoms with Crippen LogP contribution in [0.25, 0.3) is 5.69 Å². The number of carbonyl (C=O) groups is 1. The smallest absolute Gasteiger partial charge is 0.229 e. The van der Waals surface area contributed by atoms with Gasteiger partial charge in [0.2, 0.25) is 5.91 Å². The van der Waals surface area contributed by atoms with Crippen LogP contribution in [-0.2, 0) is 4.79 Å². The molecule has 1 fully saturated rings. The fraction of sp³-hybridized carbons (Fsp3) is 0.258. The van der Waals surface area contributed by atoms with Gasteiger partial charge in [-0.25, -0.2) is 0 Å². The lowest BCUT2D eigenvalue weighted by atomic mass is 9.95. The molecule has 1 aliphatic rings. The lowest BCUT2D eigenvalue weighted by Crippen LogP contribution is -2.30. The molecule has 2 atom stereocenters. The summed E-state index contributed by atoms with van der Waals surface area (Å²) in [5, 5.41) is 7.06. The SMILES string of the molecule is COc1ccc(-n2cccc2[C@@H]2[C@H](c3ccccn3)NC(=S)N2c2ccc(NC(=O)C(C)(C)C)c(OC)c2)cc1. The van der Waals surface area contributed by atoms with E-state index >= 15 is 0 Å². The fourth-order valence-electron chi connectivity index (χ4n) is 4.79. The normalized spacial score (nSPS) is 16.9. The van der Waals surface area contributed by atoms with Crippen LogP contribution in [0.15, 0.2) is 85.2 Å². The van der Waals surface area contributed by atoms with Crippen molar-refractivity contribution in [3.8, 4) is 17.2 Å². The standard InChI is InChI=1S/C31H33N5O3S/c1-31(2,3)29(37)33-23-16-13-21(19-26(23)39-5)36-28(27(34-30(36)40)24-9-6-7-17-32-24)25-10-8-18-35(25)20-11-14-22(38-4)15-12-20/h6-19,27-28H,1-5H3,(H,33,37)(H,34,40)/t27-,28+/m0/s1. The molecular formula is C31H33N5O3S. The summed E-state index contributed by atoms with van der Waals surface area (Å²) >= 11 is 5.93. The van der Waals surface area contributed by atoms with Crippen molar-refractivity contribution in [2.75, 3.05) is 24.4 Å². The maximum absolute atomic E-state index is 12.7. The number of aromatic nitrogens is 2. The first-order chi connectivity index (χ1) is 19.2. The van der Waals surface area contributed by atoms with Crippen molar-refractivity contribution in [3.05, 3.63) is 96.6 Å². The largest absolute Gasteiger partial charge is 0.497 e. The molecule has 1 saturated heterocycles. The van der Waals surface area contributed by atoms with Crippen molar-refractivity contribution < 1.29 is 14.3 Å². The summed E-state index contributed by atoms with van der Waals surface area (Å²) in [6.07, 6.45) is 3.83. The molecule has 2 N–H and O–H groups in total. The summed E-state index contributed by atoms with van der Waals surface area (Å²) in [7, 11) is 3.25. The Labute approximate surface area is 239 Å². The average Bonchev–Trinajstić information content (AvgIpc) is 3.57. The topological polar surface area (TPSA) is 80.7 Å². The van der Waals surface area contributed by atoms with Gasteiger partial charge >= 0.3 is 0 Å². The Balaban J connectivity index is 1.60. The summed E-state index contributed by atoms with van der Waals surface area (Å²) < 4.78 is 13.2. The molecular weight excluding hydrogens is 522 g/mol. The molecule has 1 aliphatic heterocycles. The quantitative estimate of drug-likeness (QED) is 0.269. The Kier molecular flexibility index (Phi) is 7.49. The maximum Gasteiger partial charge on any atom is 0.229 e. The van der Waals surface area contributed by atoms with E-state index in [9.17, 15) is 4.79 Å². The lowest BCUT2D eigenvalue weighted by molar-refractivity contribution is -0.123. The summed E-state index contributed by atoms with van der Waals surface area (Å²) in [6.45, 7) is 5.62. The number of hydrogen-bond acceptors (Lipinski definition) is 5. The van der Waals surface area contributed by atoms with Crippen LogP contribution in [-0.4, -0.2) is 34.8 Å². The van der Waals surface area contributed by atoms with Crippen LogP contribution in [0.2, 0.25) is 0 Å². The monoisotopic (exact) mass is 555 g/mol. The Bertz CT molecular complexity index is 1510. The Hall–Kier alpha value is -4.37. The second kappa shape index (κ2) is 11.0. The molecule has 0 spiro atoms. The molecule has 0 bridgehead atoms. The first-order valence-electron chi connectivity index (χ1n) is 13.0. The molecule has 206 valence electrons. The number of carbonyl (C=O) groups excluding carboxylic acids is 1. The van der Waals surface area contributed by atoms with Crippen molar-refractivity contribution in [1.82, 2.24) is 14.9 Å². The number of amides is 1. The van der Waals surface area contributed by atoms with Crippen molar-refractivity contribution in [2.45, 2.75) is 32.9 Å². The van der Waals surface area contributed by atoms with E-state index in [2.05, 4.69) is 31.2 Å². The number of anilines is 2. The molecule has 0 radical (unpaired) electrons. The summed E-state index contributed by atoms with van der Waals surface area (Å²) in [5.74, 6) is 1.24. The molecule has 0 aliphatic carbocycles. The molecule has 9 heteroatoms. The number of nitrogens with one attached hydrogen (secondary N) is 2. The summed E-state index contributed by atoms with van der Waals surface area (Å²) in [6, 6.07) is 23.2. The van der Waals surface area contributed by atoms with Crippen molar-refractivity contribution in [1.29, 1.82) is 0 Å². The van der Waals surface area contributed by atoms with Crippen molar-refractivity contribution in [3.63, 3.8) is 0 Å². The number of ether oxygens (including phenoxy) is 2. The van der Waals surface area contributed by atoms with Gasteiger partial charge in [-0.2, -0.15) is 0 Å². The van der Waals surface area contributed by atoms with E-state index in [1.54, 1.807) is 20.4 Å². The molecule has 4 aromatic rings. The number of thiocarbonyl (C=S) groups is 1. The molecule has 5 rings (SSSR count). The lowest BCUT2D eigenvalue weighted by Gasteiger charge is -2.29. The average molecular weight is 556 g/mol. The highest BCUT2D eigenvalue weighted by molar-refractivity contribution is 7.80. The highest BCUT2D eigenvalue weighted by Gasteiger charge is 2.42. The van der Waals surface area contributed by atoms with Crippen LogP contribution < -0.4 is 25.0 Å². The number of hydrogen-bond donors (Lipinski definition) is 2. The van der Waals surface area contributed by atoms with E-state index in [1.807, 2.05) is 93.7 Å². The second-order valence-electron chi connectivity index (χ2n) is 10.6. The third-order valence-corrected chi connectivity index (χ3v) is 7.24. The predicted molar refractivity (Wildman–Crippen MR) is 161 cm³/mol. The van der Waals surface area contributed by atoms with Crippen LogP contribution >= 0.6 is 12.2 Å². The molecule has 8 nitrogen and oxygen atoms in total. The van der Waals surface area contributed by atoms with Gasteiger partial charge in [-0.1, -0.05) is 26.8 Å². The molecule has 0 unspecified atom stereocenters. The minimum absolute atomic E-state index is 0.0951. The molecule has 2 aromatic heterocycles. The highest BCUT2D eigenvalue weighted by Crippen LogP contribution is 2.44. The first kappa shape index (κ1) is 27.2. The molecule has 3 heterocycles.